The van der Waals surface area contributed by atoms with Gasteiger partial charge in [0.05, 0.1) is 34.0 Å². The lowest BCUT2D eigenvalue weighted by Gasteiger charge is -2.28. The van der Waals surface area contributed by atoms with Gasteiger partial charge in [-0.1, -0.05) is 34.5 Å². The average Bonchev–Trinajstić information content (AvgIpc) is 3.09. The first kappa shape index (κ1) is 20.3. The molecule has 4 rings (SSSR count). The number of halogens is 2. The largest absolute Gasteiger partial charge is 0.378 e. The van der Waals surface area contributed by atoms with Gasteiger partial charge in [-0.15, -0.1) is 0 Å². The highest BCUT2D eigenvalue weighted by Gasteiger charge is 2.15. The second-order valence-electron chi connectivity index (χ2n) is 6.30. The van der Waals surface area contributed by atoms with Gasteiger partial charge in [0.25, 0.3) is 5.91 Å². The van der Waals surface area contributed by atoms with Crippen LogP contribution in [0.15, 0.2) is 36.4 Å². The van der Waals surface area contributed by atoms with E-state index in [2.05, 4.69) is 32.7 Å². The molecule has 1 amide bonds. The van der Waals surface area contributed by atoms with E-state index >= 15 is 0 Å². The molecule has 3 aromatic rings. The summed E-state index contributed by atoms with van der Waals surface area (Å²) in [7, 11) is 0. The molecule has 0 atom stereocenters. The number of hydrogen-bond donors (Lipinski definition) is 2. The zero-order chi connectivity index (χ0) is 20.4. The molecule has 1 aliphatic rings. The van der Waals surface area contributed by atoms with Crippen molar-refractivity contribution in [3.05, 3.63) is 52.0 Å². The number of ether oxygens (including phenoxy) is 1. The van der Waals surface area contributed by atoms with Gasteiger partial charge in [0.15, 0.2) is 10.2 Å². The number of anilines is 2. The molecule has 0 spiro atoms. The molecule has 2 N–H and O–H groups in total. The SMILES string of the molecule is O=C(NC(=S)Nc1nc2ccc(N3CCOCC3)cc2s1)c1ccc(Cl)cc1Cl. The summed E-state index contributed by atoms with van der Waals surface area (Å²) in [6, 6.07) is 10.8. The molecule has 0 aliphatic carbocycles. The number of benzene rings is 2. The minimum absolute atomic E-state index is 0.147. The first-order valence-electron chi connectivity index (χ1n) is 8.80. The number of carbonyl (C=O) groups excluding carboxylic acids is 1. The highest BCUT2D eigenvalue weighted by atomic mass is 35.5. The molecule has 0 bridgehead atoms. The lowest BCUT2D eigenvalue weighted by atomic mass is 10.2. The Hall–Kier alpha value is -1.97. The van der Waals surface area contributed by atoms with E-state index in [0.29, 0.717) is 15.7 Å². The van der Waals surface area contributed by atoms with E-state index in [9.17, 15) is 4.79 Å². The van der Waals surface area contributed by atoms with Crippen molar-refractivity contribution in [3.8, 4) is 0 Å². The molecule has 1 saturated heterocycles. The molecule has 0 radical (unpaired) electrons. The van der Waals surface area contributed by atoms with Crippen LogP contribution in [0.4, 0.5) is 10.8 Å². The smallest absolute Gasteiger partial charge is 0.258 e. The number of nitrogens with zero attached hydrogens (tertiary/aromatic N) is 2. The Labute approximate surface area is 186 Å². The van der Waals surface area contributed by atoms with Gasteiger partial charge in [0, 0.05) is 23.8 Å². The molecule has 1 aliphatic heterocycles. The monoisotopic (exact) mass is 466 g/mol. The molecule has 1 fully saturated rings. The van der Waals surface area contributed by atoms with Crippen LogP contribution in [-0.4, -0.2) is 42.3 Å². The number of carbonyl (C=O) groups is 1. The predicted molar refractivity (Wildman–Crippen MR) is 123 cm³/mol. The summed E-state index contributed by atoms with van der Waals surface area (Å²) in [5, 5.41) is 7.04. The fourth-order valence-corrected chi connectivity index (χ4v) is 4.61. The number of thiazole rings is 1. The summed E-state index contributed by atoms with van der Waals surface area (Å²) >= 11 is 18.6. The Morgan fingerprint density at radius 2 is 1.97 bits per heavy atom. The molecule has 1 aromatic heterocycles. The van der Waals surface area contributed by atoms with Crippen LogP contribution in [0.5, 0.6) is 0 Å². The summed E-state index contributed by atoms with van der Waals surface area (Å²) < 4.78 is 6.44. The van der Waals surface area contributed by atoms with Crippen molar-refractivity contribution >= 4 is 78.8 Å². The van der Waals surface area contributed by atoms with Gasteiger partial charge in [0.1, 0.15) is 0 Å². The molecule has 0 saturated carbocycles. The summed E-state index contributed by atoms with van der Waals surface area (Å²) in [6.07, 6.45) is 0. The van der Waals surface area contributed by atoms with Crippen LogP contribution in [-0.2, 0) is 4.74 Å². The van der Waals surface area contributed by atoms with E-state index in [0.717, 1.165) is 42.2 Å². The molecule has 29 heavy (non-hydrogen) atoms. The lowest BCUT2D eigenvalue weighted by Crippen LogP contribution is -2.36. The maximum Gasteiger partial charge on any atom is 0.258 e. The molecule has 0 unspecified atom stereocenters. The van der Waals surface area contributed by atoms with Crippen LogP contribution in [0.2, 0.25) is 10.0 Å². The van der Waals surface area contributed by atoms with Crippen LogP contribution < -0.4 is 15.5 Å². The van der Waals surface area contributed by atoms with Crippen LogP contribution in [0.3, 0.4) is 0 Å². The number of aromatic nitrogens is 1. The van der Waals surface area contributed by atoms with Crippen molar-refractivity contribution in [2.24, 2.45) is 0 Å². The van der Waals surface area contributed by atoms with Crippen LogP contribution in [0.1, 0.15) is 10.4 Å². The van der Waals surface area contributed by atoms with Crippen molar-refractivity contribution in [2.75, 3.05) is 36.5 Å². The average molecular weight is 467 g/mol. The number of rotatable bonds is 3. The number of thiocarbonyl (C=S) groups is 1. The van der Waals surface area contributed by atoms with E-state index in [-0.39, 0.29) is 10.1 Å². The fourth-order valence-electron chi connectivity index (χ4n) is 2.96. The van der Waals surface area contributed by atoms with Crippen molar-refractivity contribution in [3.63, 3.8) is 0 Å². The van der Waals surface area contributed by atoms with Crippen LogP contribution >= 0.6 is 46.8 Å². The third-order valence-corrected chi connectivity index (χ3v) is 6.06. The number of fused-ring (bicyclic) bond motifs is 1. The number of morpholine rings is 1. The van der Waals surface area contributed by atoms with Crippen molar-refractivity contribution in [2.45, 2.75) is 0 Å². The third kappa shape index (κ3) is 4.79. The molecule has 2 heterocycles. The number of amides is 1. The fraction of sp³-hybridized carbons (Fsp3) is 0.211. The zero-order valence-corrected chi connectivity index (χ0v) is 18.2. The van der Waals surface area contributed by atoms with E-state index < -0.39 is 5.91 Å². The van der Waals surface area contributed by atoms with Crippen LogP contribution in [0.25, 0.3) is 10.2 Å². The van der Waals surface area contributed by atoms with Gasteiger partial charge in [-0.05, 0) is 48.6 Å². The highest BCUT2D eigenvalue weighted by Crippen LogP contribution is 2.30. The van der Waals surface area contributed by atoms with E-state index in [1.165, 1.54) is 17.4 Å². The van der Waals surface area contributed by atoms with Crippen molar-refractivity contribution in [1.29, 1.82) is 0 Å². The highest BCUT2D eigenvalue weighted by molar-refractivity contribution is 7.80. The van der Waals surface area contributed by atoms with Crippen LogP contribution in [0, 0.1) is 0 Å². The normalized spacial score (nSPS) is 14.1. The minimum Gasteiger partial charge on any atom is -0.378 e. The van der Waals surface area contributed by atoms with Gasteiger partial charge < -0.3 is 15.0 Å². The first-order chi connectivity index (χ1) is 14.0. The van der Waals surface area contributed by atoms with Gasteiger partial charge in [-0.2, -0.15) is 0 Å². The van der Waals surface area contributed by atoms with Gasteiger partial charge in [-0.25, -0.2) is 4.98 Å². The quantitative estimate of drug-likeness (QED) is 0.551. The molecule has 150 valence electrons. The summed E-state index contributed by atoms with van der Waals surface area (Å²) in [4.78, 5) is 19.2. The Bertz CT molecular complexity index is 1080. The maximum atomic E-state index is 12.4. The van der Waals surface area contributed by atoms with Gasteiger partial charge in [-0.3, -0.25) is 10.1 Å². The maximum absolute atomic E-state index is 12.4. The summed E-state index contributed by atoms with van der Waals surface area (Å²) in [5.41, 5.74) is 2.30. The van der Waals surface area contributed by atoms with E-state index in [4.69, 9.17) is 40.2 Å². The Kier molecular flexibility index (Phi) is 6.17. The molecular formula is C19H16Cl2N4O2S2. The molecule has 10 heteroatoms. The predicted octanol–water partition coefficient (Wildman–Crippen LogP) is 4.57. The first-order valence-corrected chi connectivity index (χ1v) is 10.8. The summed E-state index contributed by atoms with van der Waals surface area (Å²) in [6.45, 7) is 3.22. The second-order valence-corrected chi connectivity index (χ2v) is 8.59. The second kappa shape index (κ2) is 8.81. The number of hydrogen-bond acceptors (Lipinski definition) is 6. The molecule has 6 nitrogen and oxygen atoms in total. The third-order valence-electron chi connectivity index (χ3n) is 4.37. The minimum atomic E-state index is -0.417. The Morgan fingerprint density at radius 3 is 2.72 bits per heavy atom. The standard InChI is InChI=1S/C19H16Cl2N4O2S2/c20-11-1-3-13(14(21)9-11)17(26)23-18(28)24-19-22-15-4-2-12(10-16(15)29-19)25-5-7-27-8-6-25/h1-4,9-10H,5-8H2,(H2,22,23,24,26,28). The Balaban J connectivity index is 1.44. The van der Waals surface area contributed by atoms with E-state index in [1.807, 2.05) is 6.07 Å². The van der Waals surface area contributed by atoms with Crippen molar-refractivity contribution < 1.29 is 9.53 Å². The molecule has 2 aromatic carbocycles. The van der Waals surface area contributed by atoms with Gasteiger partial charge >= 0.3 is 0 Å². The zero-order valence-electron chi connectivity index (χ0n) is 15.1. The number of nitrogens with one attached hydrogen (secondary N) is 2. The Morgan fingerprint density at radius 1 is 1.17 bits per heavy atom. The van der Waals surface area contributed by atoms with Gasteiger partial charge in [0.2, 0.25) is 0 Å². The molecular weight excluding hydrogens is 451 g/mol. The lowest BCUT2D eigenvalue weighted by molar-refractivity contribution is 0.0978. The topological polar surface area (TPSA) is 66.5 Å². The summed E-state index contributed by atoms with van der Waals surface area (Å²) in [5.74, 6) is -0.417. The van der Waals surface area contributed by atoms with E-state index in [1.54, 1.807) is 12.1 Å². The van der Waals surface area contributed by atoms with Crippen molar-refractivity contribution in [1.82, 2.24) is 10.3 Å².